The third kappa shape index (κ3) is 10.1. The summed E-state index contributed by atoms with van der Waals surface area (Å²) in [5.41, 5.74) is -0.914. The summed E-state index contributed by atoms with van der Waals surface area (Å²) in [6, 6.07) is 16.1. The van der Waals surface area contributed by atoms with Crippen molar-refractivity contribution in [2.24, 2.45) is 0 Å². The lowest BCUT2D eigenvalue weighted by atomic mass is 10.1. The van der Waals surface area contributed by atoms with E-state index in [-0.39, 0.29) is 35.7 Å². The molecule has 2 aromatic heterocycles. The van der Waals surface area contributed by atoms with Crippen molar-refractivity contribution in [2.45, 2.75) is 65.0 Å². The Bertz CT molecular complexity index is 1860. The molecule has 0 spiro atoms. The van der Waals surface area contributed by atoms with Crippen molar-refractivity contribution in [3.8, 4) is 5.75 Å². The van der Waals surface area contributed by atoms with Crippen LogP contribution in [-0.2, 0) is 50.0 Å². The summed E-state index contributed by atoms with van der Waals surface area (Å²) >= 11 is 1.07. The number of hydrogen-bond acceptors (Lipinski definition) is 10. The number of nitrogens with one attached hydrogen (secondary N) is 3. The van der Waals surface area contributed by atoms with Crippen molar-refractivity contribution >= 4 is 45.3 Å². The van der Waals surface area contributed by atoms with Crippen LogP contribution in [0.15, 0.2) is 70.3 Å². The zero-order valence-corrected chi connectivity index (χ0v) is 27.2. The highest BCUT2D eigenvalue weighted by atomic mass is 32.1. The number of ether oxygens (including phenoxy) is 3. The normalized spacial score (nSPS) is 11.8. The van der Waals surface area contributed by atoms with E-state index in [1.165, 1.54) is 6.07 Å². The van der Waals surface area contributed by atoms with E-state index in [0.717, 1.165) is 16.9 Å². The number of carbonyl (C=O) groups is 4. The Morgan fingerprint density at radius 3 is 2.34 bits per heavy atom. The molecule has 0 aliphatic rings. The Balaban J connectivity index is 1.46. The van der Waals surface area contributed by atoms with Crippen molar-refractivity contribution < 1.29 is 33.4 Å². The van der Waals surface area contributed by atoms with Crippen LogP contribution in [-0.4, -0.2) is 52.1 Å². The third-order valence-corrected chi connectivity index (χ3v) is 7.76. The number of amides is 2. The highest BCUT2D eigenvalue weighted by molar-refractivity contribution is 7.18. The van der Waals surface area contributed by atoms with Gasteiger partial charge < -0.3 is 24.8 Å². The first-order valence-electron chi connectivity index (χ1n) is 14.7. The molecule has 0 aliphatic heterocycles. The SMILES string of the molecule is COc1ccc(CNC(=O)Cc2cc3c(=O)n(CC(=O)C(CC(=O)OC(C)(C)C)NC(=O)OCc4ccccc4)c(=O)[nH]c3s2)cc1. The van der Waals surface area contributed by atoms with Gasteiger partial charge in [0.15, 0.2) is 5.78 Å². The summed E-state index contributed by atoms with van der Waals surface area (Å²) in [5, 5.41) is 5.29. The second-order valence-electron chi connectivity index (χ2n) is 11.6. The number of Topliss-reactive ketones (excluding diaryl/α,β-unsaturated/α-hetero) is 1. The van der Waals surface area contributed by atoms with E-state index >= 15 is 0 Å². The van der Waals surface area contributed by atoms with Crippen LogP contribution in [0.3, 0.4) is 0 Å². The first-order valence-corrected chi connectivity index (χ1v) is 15.5. The predicted molar refractivity (Wildman–Crippen MR) is 174 cm³/mol. The Kier molecular flexibility index (Phi) is 11.3. The van der Waals surface area contributed by atoms with Crippen LogP contribution >= 0.6 is 11.3 Å². The van der Waals surface area contributed by atoms with E-state index in [1.54, 1.807) is 70.3 Å². The molecule has 2 amide bonds. The van der Waals surface area contributed by atoms with Crippen LogP contribution in [0.4, 0.5) is 4.79 Å². The molecule has 13 nitrogen and oxygen atoms in total. The molecule has 0 aliphatic carbocycles. The molecule has 4 rings (SSSR count). The Labute approximate surface area is 273 Å². The van der Waals surface area contributed by atoms with E-state index in [1.807, 2.05) is 12.1 Å². The minimum Gasteiger partial charge on any atom is -0.497 e. The monoisotopic (exact) mass is 664 g/mol. The van der Waals surface area contributed by atoms with Gasteiger partial charge in [0.2, 0.25) is 5.91 Å². The lowest BCUT2D eigenvalue weighted by Crippen LogP contribution is -2.47. The topological polar surface area (TPSA) is 175 Å². The maximum absolute atomic E-state index is 13.4. The van der Waals surface area contributed by atoms with Gasteiger partial charge in [-0.25, -0.2) is 9.59 Å². The molecular formula is C33H36N4O9S. The summed E-state index contributed by atoms with van der Waals surface area (Å²) in [4.78, 5) is 80.8. The number of carbonyl (C=O) groups excluding carboxylic acids is 4. The van der Waals surface area contributed by atoms with Crippen LogP contribution in [0.2, 0.25) is 0 Å². The smallest absolute Gasteiger partial charge is 0.408 e. The second-order valence-corrected chi connectivity index (χ2v) is 12.7. The first-order chi connectivity index (χ1) is 22.3. The maximum atomic E-state index is 13.4. The quantitative estimate of drug-likeness (QED) is 0.181. The van der Waals surface area contributed by atoms with E-state index in [4.69, 9.17) is 14.2 Å². The van der Waals surface area contributed by atoms with Gasteiger partial charge in [0.05, 0.1) is 31.9 Å². The number of thiophene rings is 1. The minimum absolute atomic E-state index is 0.0388. The molecule has 3 N–H and O–H groups in total. The van der Waals surface area contributed by atoms with E-state index in [0.29, 0.717) is 20.8 Å². The fraction of sp³-hybridized carbons (Fsp3) is 0.333. The number of esters is 1. The van der Waals surface area contributed by atoms with Crippen LogP contribution in [0.25, 0.3) is 10.2 Å². The van der Waals surface area contributed by atoms with Gasteiger partial charge in [-0.15, -0.1) is 11.3 Å². The van der Waals surface area contributed by atoms with E-state index in [9.17, 15) is 28.8 Å². The highest BCUT2D eigenvalue weighted by Crippen LogP contribution is 2.21. The largest absolute Gasteiger partial charge is 0.497 e. The van der Waals surface area contributed by atoms with Crippen LogP contribution in [0.5, 0.6) is 5.75 Å². The summed E-state index contributed by atoms with van der Waals surface area (Å²) < 4.78 is 16.3. The molecule has 248 valence electrons. The number of aromatic amines is 1. The fourth-order valence-corrected chi connectivity index (χ4v) is 5.50. The summed E-state index contributed by atoms with van der Waals surface area (Å²) in [7, 11) is 1.56. The third-order valence-electron chi connectivity index (χ3n) is 6.71. The average Bonchev–Trinajstić information content (AvgIpc) is 3.42. The van der Waals surface area contributed by atoms with Crippen molar-refractivity contribution in [1.82, 2.24) is 20.2 Å². The first kappa shape index (κ1) is 34.6. The fourth-order valence-electron chi connectivity index (χ4n) is 4.46. The zero-order valence-electron chi connectivity index (χ0n) is 26.4. The second kappa shape index (κ2) is 15.4. The molecule has 14 heteroatoms. The Morgan fingerprint density at radius 2 is 1.68 bits per heavy atom. The van der Waals surface area contributed by atoms with Gasteiger partial charge in [-0.3, -0.25) is 28.7 Å². The van der Waals surface area contributed by atoms with Crippen molar-refractivity contribution in [2.75, 3.05) is 7.11 Å². The van der Waals surface area contributed by atoms with Gasteiger partial charge in [0.1, 0.15) is 28.8 Å². The van der Waals surface area contributed by atoms with Crippen LogP contribution in [0.1, 0.15) is 43.2 Å². The predicted octanol–water partition coefficient (Wildman–Crippen LogP) is 3.21. The number of benzene rings is 2. The number of H-pyrrole nitrogens is 1. The van der Waals surface area contributed by atoms with Gasteiger partial charge in [-0.1, -0.05) is 42.5 Å². The molecule has 0 saturated heterocycles. The number of nitrogens with zero attached hydrogens (tertiary/aromatic N) is 1. The standard InChI is InChI=1S/C33H36N4O9S/c1-33(2,3)46-28(40)16-25(35-32(43)45-19-21-8-6-5-7-9-21)26(38)18-37-30(41)24-14-23(47-29(24)36-31(37)42)15-27(39)34-17-20-10-12-22(44-4)13-11-20/h5-14,25H,15-19H2,1-4H3,(H,34,39)(H,35,43)(H,36,42). The number of fused-ring (bicyclic) bond motifs is 1. The molecule has 0 radical (unpaired) electrons. The summed E-state index contributed by atoms with van der Waals surface area (Å²) in [6.45, 7) is 4.41. The Hall–Kier alpha value is -5.24. The van der Waals surface area contributed by atoms with Crippen molar-refractivity contribution in [1.29, 1.82) is 0 Å². The molecule has 47 heavy (non-hydrogen) atoms. The Morgan fingerprint density at radius 1 is 0.979 bits per heavy atom. The van der Waals surface area contributed by atoms with Gasteiger partial charge in [0, 0.05) is 11.4 Å². The molecule has 0 fully saturated rings. The number of rotatable bonds is 13. The van der Waals surface area contributed by atoms with Gasteiger partial charge in [-0.2, -0.15) is 0 Å². The van der Waals surface area contributed by atoms with Gasteiger partial charge >= 0.3 is 17.8 Å². The molecule has 2 aromatic carbocycles. The number of alkyl carbamates (subject to hydrolysis) is 1. The number of aromatic nitrogens is 2. The molecule has 1 unspecified atom stereocenters. The number of hydrogen-bond donors (Lipinski definition) is 3. The van der Waals surface area contributed by atoms with E-state index < -0.39 is 53.7 Å². The highest BCUT2D eigenvalue weighted by Gasteiger charge is 2.29. The molecule has 0 saturated carbocycles. The molecule has 0 bridgehead atoms. The zero-order chi connectivity index (χ0) is 34.1. The summed E-state index contributed by atoms with van der Waals surface area (Å²) in [5.74, 6) is -1.17. The van der Waals surface area contributed by atoms with Crippen LogP contribution < -0.4 is 26.6 Å². The molecule has 1 atom stereocenters. The van der Waals surface area contributed by atoms with Crippen molar-refractivity contribution in [3.05, 3.63) is 97.5 Å². The molecule has 4 aromatic rings. The van der Waals surface area contributed by atoms with Gasteiger partial charge in [-0.05, 0) is 50.1 Å². The number of ketones is 1. The van der Waals surface area contributed by atoms with Crippen LogP contribution in [0, 0.1) is 0 Å². The lowest BCUT2D eigenvalue weighted by Gasteiger charge is -2.22. The average molecular weight is 665 g/mol. The lowest BCUT2D eigenvalue weighted by molar-refractivity contribution is -0.156. The number of methoxy groups -OCH3 is 1. The summed E-state index contributed by atoms with van der Waals surface area (Å²) in [6.07, 6.45) is -1.57. The van der Waals surface area contributed by atoms with Crippen molar-refractivity contribution in [3.63, 3.8) is 0 Å². The minimum atomic E-state index is -1.46. The maximum Gasteiger partial charge on any atom is 0.408 e. The molecule has 2 heterocycles. The molecular weight excluding hydrogens is 628 g/mol. The van der Waals surface area contributed by atoms with E-state index in [2.05, 4.69) is 15.6 Å². The van der Waals surface area contributed by atoms with Gasteiger partial charge in [0.25, 0.3) is 5.56 Å².